The summed E-state index contributed by atoms with van der Waals surface area (Å²) in [7, 11) is 0. The monoisotopic (exact) mass is 327 g/mol. The predicted molar refractivity (Wildman–Crippen MR) is 88.8 cm³/mol. The molecule has 118 valence electrons. The number of oxazole rings is 1. The lowest BCUT2D eigenvalue weighted by molar-refractivity contribution is 0.239. The summed E-state index contributed by atoms with van der Waals surface area (Å²) in [6.07, 6.45) is 2.72. The molecule has 4 heterocycles. The van der Waals surface area contributed by atoms with Gasteiger partial charge in [-0.2, -0.15) is 0 Å². The van der Waals surface area contributed by atoms with Crippen molar-refractivity contribution in [1.29, 1.82) is 0 Å². The van der Waals surface area contributed by atoms with Crippen molar-refractivity contribution in [2.75, 3.05) is 12.3 Å². The Morgan fingerprint density at radius 1 is 1.39 bits per heavy atom. The first-order valence-electron chi connectivity index (χ1n) is 7.52. The van der Waals surface area contributed by atoms with Gasteiger partial charge in [-0.3, -0.25) is 4.90 Å². The zero-order valence-electron chi connectivity index (χ0n) is 12.8. The van der Waals surface area contributed by atoms with Crippen LogP contribution in [-0.4, -0.2) is 26.4 Å². The Morgan fingerprint density at radius 2 is 2.30 bits per heavy atom. The van der Waals surface area contributed by atoms with Crippen molar-refractivity contribution >= 4 is 17.3 Å². The van der Waals surface area contributed by atoms with Crippen LogP contribution in [0.25, 0.3) is 10.8 Å². The highest BCUT2D eigenvalue weighted by atomic mass is 32.1. The van der Waals surface area contributed by atoms with Crippen molar-refractivity contribution < 1.29 is 4.42 Å². The molecule has 3 aromatic rings. The molecule has 7 heteroatoms. The molecule has 0 saturated carbocycles. The fraction of sp³-hybridized carbons (Fsp3) is 0.312. The van der Waals surface area contributed by atoms with Crippen molar-refractivity contribution in [1.82, 2.24) is 19.9 Å². The lowest BCUT2D eigenvalue weighted by atomic mass is 10.1. The van der Waals surface area contributed by atoms with Crippen molar-refractivity contribution in [3.8, 4) is 10.8 Å². The lowest BCUT2D eigenvalue weighted by Gasteiger charge is -2.27. The Bertz CT molecular complexity index is 827. The molecule has 1 aliphatic rings. The summed E-state index contributed by atoms with van der Waals surface area (Å²) in [6.45, 7) is 4.49. The Kier molecular flexibility index (Phi) is 3.59. The van der Waals surface area contributed by atoms with Crippen LogP contribution in [0.3, 0.4) is 0 Å². The molecule has 6 nitrogen and oxygen atoms in total. The largest absolute Gasteiger partial charge is 0.440 e. The van der Waals surface area contributed by atoms with E-state index >= 15 is 0 Å². The van der Waals surface area contributed by atoms with E-state index in [9.17, 15) is 0 Å². The molecule has 0 fully saturated rings. The van der Waals surface area contributed by atoms with Crippen LogP contribution in [0.15, 0.2) is 28.1 Å². The van der Waals surface area contributed by atoms with E-state index in [1.54, 1.807) is 11.3 Å². The van der Waals surface area contributed by atoms with Gasteiger partial charge in [0.05, 0.1) is 16.3 Å². The Labute approximate surface area is 138 Å². The molecule has 23 heavy (non-hydrogen) atoms. The highest BCUT2D eigenvalue weighted by Gasteiger charge is 2.21. The zero-order chi connectivity index (χ0) is 15.8. The molecule has 2 N–H and O–H groups in total. The van der Waals surface area contributed by atoms with Crippen LogP contribution in [0.1, 0.15) is 22.7 Å². The van der Waals surface area contributed by atoms with Gasteiger partial charge in [-0.05, 0) is 18.4 Å². The van der Waals surface area contributed by atoms with Crippen LogP contribution in [0.2, 0.25) is 0 Å². The molecule has 0 bridgehead atoms. The van der Waals surface area contributed by atoms with E-state index in [2.05, 4.69) is 19.9 Å². The van der Waals surface area contributed by atoms with Gasteiger partial charge in [0, 0.05) is 37.8 Å². The number of fused-ring (bicyclic) bond motifs is 1. The van der Waals surface area contributed by atoms with Crippen LogP contribution >= 0.6 is 11.3 Å². The number of nitrogens with zero attached hydrogens (tertiary/aromatic N) is 4. The van der Waals surface area contributed by atoms with E-state index in [-0.39, 0.29) is 0 Å². The summed E-state index contributed by atoms with van der Waals surface area (Å²) >= 11 is 1.64. The van der Waals surface area contributed by atoms with Gasteiger partial charge >= 0.3 is 0 Å². The minimum absolute atomic E-state index is 0.352. The van der Waals surface area contributed by atoms with E-state index in [1.807, 2.05) is 30.6 Å². The Hall–Kier alpha value is -2.25. The molecule has 0 saturated heterocycles. The molecule has 4 rings (SSSR count). The third kappa shape index (κ3) is 2.85. The maximum absolute atomic E-state index is 5.82. The maximum Gasteiger partial charge on any atom is 0.236 e. The van der Waals surface area contributed by atoms with Crippen LogP contribution in [0, 0.1) is 6.92 Å². The van der Waals surface area contributed by atoms with Gasteiger partial charge < -0.3 is 10.2 Å². The topological polar surface area (TPSA) is 81.1 Å². The number of aromatic nitrogens is 3. The molecule has 0 atom stereocenters. The number of hydrogen-bond acceptors (Lipinski definition) is 7. The molecular weight excluding hydrogens is 310 g/mol. The minimum Gasteiger partial charge on any atom is -0.440 e. The number of hydrogen-bond donors (Lipinski definition) is 1. The molecule has 0 spiro atoms. The molecule has 0 amide bonds. The average Bonchev–Trinajstić information content (AvgIpc) is 3.18. The van der Waals surface area contributed by atoms with Crippen LogP contribution in [0.4, 0.5) is 5.95 Å². The normalized spacial score (nSPS) is 14.8. The summed E-state index contributed by atoms with van der Waals surface area (Å²) in [5.41, 5.74) is 8.85. The second kappa shape index (κ2) is 5.75. The predicted octanol–water partition coefficient (Wildman–Crippen LogP) is 2.64. The van der Waals surface area contributed by atoms with E-state index in [0.717, 1.165) is 53.6 Å². The van der Waals surface area contributed by atoms with Gasteiger partial charge in [-0.15, -0.1) is 11.3 Å². The Balaban J connectivity index is 1.52. The van der Waals surface area contributed by atoms with Gasteiger partial charge in [0.25, 0.3) is 0 Å². The van der Waals surface area contributed by atoms with E-state index in [1.165, 1.54) is 0 Å². The van der Waals surface area contributed by atoms with Crippen molar-refractivity contribution in [3.63, 3.8) is 0 Å². The second-order valence-electron chi connectivity index (χ2n) is 5.66. The van der Waals surface area contributed by atoms with Gasteiger partial charge in [0.15, 0.2) is 0 Å². The quantitative estimate of drug-likeness (QED) is 0.796. The third-order valence-electron chi connectivity index (χ3n) is 4.03. The smallest absolute Gasteiger partial charge is 0.236 e. The third-order valence-corrected chi connectivity index (χ3v) is 4.89. The van der Waals surface area contributed by atoms with E-state index in [0.29, 0.717) is 11.8 Å². The number of thiophene rings is 1. The number of nitrogens with two attached hydrogens (primary N) is 1. The summed E-state index contributed by atoms with van der Waals surface area (Å²) in [5.74, 6) is 1.94. The summed E-state index contributed by atoms with van der Waals surface area (Å²) < 4.78 is 5.82. The highest BCUT2D eigenvalue weighted by molar-refractivity contribution is 7.13. The van der Waals surface area contributed by atoms with Crippen LogP contribution < -0.4 is 5.73 Å². The van der Waals surface area contributed by atoms with Crippen LogP contribution in [-0.2, 0) is 19.5 Å². The van der Waals surface area contributed by atoms with Gasteiger partial charge in [0.1, 0.15) is 5.76 Å². The fourth-order valence-corrected chi connectivity index (χ4v) is 3.47. The second-order valence-corrected chi connectivity index (χ2v) is 6.61. The maximum atomic E-state index is 5.82. The molecule has 0 radical (unpaired) electrons. The fourth-order valence-electron chi connectivity index (χ4n) is 2.82. The van der Waals surface area contributed by atoms with Gasteiger partial charge in [0.2, 0.25) is 11.8 Å². The summed E-state index contributed by atoms with van der Waals surface area (Å²) in [4.78, 5) is 16.5. The number of nitrogen functional groups attached to an aromatic ring is 1. The molecular formula is C16H17N5OS. The van der Waals surface area contributed by atoms with Crippen molar-refractivity contribution in [2.24, 2.45) is 0 Å². The Morgan fingerprint density at radius 3 is 3.13 bits per heavy atom. The first kappa shape index (κ1) is 14.3. The molecule has 0 aromatic carbocycles. The first-order chi connectivity index (χ1) is 11.2. The first-order valence-corrected chi connectivity index (χ1v) is 8.40. The van der Waals surface area contributed by atoms with Crippen molar-refractivity contribution in [3.05, 3.63) is 46.4 Å². The highest BCUT2D eigenvalue weighted by Crippen LogP contribution is 2.27. The number of aryl methyl sites for hydroxylation is 1. The summed E-state index contributed by atoms with van der Waals surface area (Å²) in [6, 6.07) is 4.03. The van der Waals surface area contributed by atoms with Gasteiger partial charge in [-0.25, -0.2) is 15.0 Å². The molecule has 0 unspecified atom stereocenters. The standard InChI is InChI=1S/C16H17N5OS/c1-10-13(19-15(22-10)14-3-2-6-23-14)9-21-5-4-12-11(8-21)7-18-16(17)20-12/h2-3,6-7H,4-5,8-9H2,1H3,(H2,17,18,20). The van der Waals surface area contributed by atoms with Crippen LogP contribution in [0.5, 0.6) is 0 Å². The minimum atomic E-state index is 0.352. The molecule has 3 aromatic heterocycles. The van der Waals surface area contributed by atoms with E-state index in [4.69, 9.17) is 10.2 Å². The summed E-state index contributed by atoms with van der Waals surface area (Å²) in [5, 5.41) is 2.03. The zero-order valence-corrected chi connectivity index (χ0v) is 13.6. The SMILES string of the molecule is Cc1oc(-c2cccs2)nc1CN1CCc2nc(N)ncc2C1. The average molecular weight is 327 g/mol. The molecule has 1 aliphatic heterocycles. The van der Waals surface area contributed by atoms with Crippen molar-refractivity contribution in [2.45, 2.75) is 26.4 Å². The number of anilines is 1. The lowest BCUT2D eigenvalue weighted by Crippen LogP contribution is -2.31. The molecule has 0 aliphatic carbocycles. The van der Waals surface area contributed by atoms with Gasteiger partial charge in [-0.1, -0.05) is 6.07 Å². The number of rotatable bonds is 3. The van der Waals surface area contributed by atoms with E-state index < -0.39 is 0 Å².